The van der Waals surface area contributed by atoms with E-state index in [0.29, 0.717) is 6.54 Å². The first-order valence-electron chi connectivity index (χ1n) is 7.50. The molecule has 1 saturated heterocycles. The number of amides is 1. The molecule has 1 fully saturated rings. The lowest BCUT2D eigenvalue weighted by Gasteiger charge is -2.28. The molecule has 1 amide bonds. The van der Waals surface area contributed by atoms with Crippen LogP contribution in [0.25, 0.3) is 0 Å². The van der Waals surface area contributed by atoms with Crippen molar-refractivity contribution in [2.45, 2.75) is 38.1 Å². The number of halogens is 1. The van der Waals surface area contributed by atoms with E-state index in [9.17, 15) is 14.3 Å². The molecule has 1 unspecified atom stereocenters. The van der Waals surface area contributed by atoms with Gasteiger partial charge in [-0.25, -0.2) is 4.39 Å². The minimum Gasteiger partial charge on any atom is -0.490 e. The number of carbonyl (C=O) groups excluding carboxylic acids is 1. The van der Waals surface area contributed by atoms with Gasteiger partial charge in [0.25, 0.3) is 0 Å². The van der Waals surface area contributed by atoms with Crippen LogP contribution >= 0.6 is 0 Å². The molecule has 1 atom stereocenters. The number of aliphatic hydroxyl groups excluding tert-OH is 1. The number of benzene rings is 1. The number of ether oxygens (including phenoxy) is 1. The summed E-state index contributed by atoms with van der Waals surface area (Å²) in [6.07, 6.45) is 4.14. The molecule has 2 rings (SSSR count). The van der Waals surface area contributed by atoms with Crippen molar-refractivity contribution in [3.05, 3.63) is 30.1 Å². The van der Waals surface area contributed by atoms with E-state index < -0.39 is 5.82 Å². The van der Waals surface area contributed by atoms with Crippen LogP contribution in [-0.2, 0) is 4.79 Å². The van der Waals surface area contributed by atoms with Crippen LogP contribution in [0.15, 0.2) is 24.3 Å². The number of likely N-dealkylation sites (tertiary alicyclic amines) is 1. The van der Waals surface area contributed by atoms with Gasteiger partial charge in [0.15, 0.2) is 11.6 Å². The molecule has 0 aromatic heterocycles. The average molecular weight is 295 g/mol. The van der Waals surface area contributed by atoms with Crippen LogP contribution in [0, 0.1) is 5.82 Å². The predicted molar refractivity (Wildman–Crippen MR) is 77.6 cm³/mol. The monoisotopic (exact) mass is 295 g/mol. The van der Waals surface area contributed by atoms with E-state index in [4.69, 9.17) is 4.74 Å². The topological polar surface area (TPSA) is 49.8 Å². The Labute approximate surface area is 124 Å². The van der Waals surface area contributed by atoms with Gasteiger partial charge < -0.3 is 14.7 Å². The van der Waals surface area contributed by atoms with Crippen LogP contribution in [0.2, 0.25) is 0 Å². The second-order valence-electron chi connectivity index (χ2n) is 5.30. The van der Waals surface area contributed by atoms with Gasteiger partial charge in [0, 0.05) is 6.54 Å². The fourth-order valence-electron chi connectivity index (χ4n) is 2.65. The maximum absolute atomic E-state index is 13.4. The third kappa shape index (κ3) is 4.43. The maximum atomic E-state index is 13.4. The number of hydrogen-bond donors (Lipinski definition) is 1. The molecular formula is C16H22FNO3. The van der Waals surface area contributed by atoms with Gasteiger partial charge in [-0.3, -0.25) is 4.79 Å². The molecule has 0 spiro atoms. The summed E-state index contributed by atoms with van der Waals surface area (Å²) in [5.74, 6) is -0.292. The van der Waals surface area contributed by atoms with Crippen molar-refractivity contribution in [3.63, 3.8) is 0 Å². The molecule has 0 radical (unpaired) electrons. The minimum atomic E-state index is -0.423. The third-order valence-electron chi connectivity index (χ3n) is 3.82. The Kier molecular flexibility index (Phi) is 5.99. The number of nitrogens with zero attached hydrogens (tertiary/aromatic N) is 1. The predicted octanol–water partition coefficient (Wildman–Crippen LogP) is 2.36. The minimum absolute atomic E-state index is 0.0000887. The highest BCUT2D eigenvalue weighted by atomic mass is 19.1. The molecule has 1 aliphatic rings. The molecule has 5 heteroatoms. The standard InChI is InChI=1S/C16H22FNO3/c17-14-7-3-4-8-15(14)21-11-9-16(20)18-10-5-1-2-6-13(18)12-19/h3-4,7-8,13,19H,1-2,5-6,9-12H2. The van der Waals surface area contributed by atoms with Crippen molar-refractivity contribution in [3.8, 4) is 5.75 Å². The van der Waals surface area contributed by atoms with E-state index in [2.05, 4.69) is 0 Å². The fraction of sp³-hybridized carbons (Fsp3) is 0.562. The summed E-state index contributed by atoms with van der Waals surface area (Å²) in [6, 6.07) is 6.07. The first-order chi connectivity index (χ1) is 10.2. The van der Waals surface area contributed by atoms with Crippen LogP contribution in [0.4, 0.5) is 4.39 Å². The zero-order chi connectivity index (χ0) is 15.1. The number of aliphatic hydroxyl groups is 1. The second kappa shape index (κ2) is 7.98. The molecule has 1 aromatic rings. The van der Waals surface area contributed by atoms with Crippen molar-refractivity contribution >= 4 is 5.91 Å². The van der Waals surface area contributed by atoms with Crippen LogP contribution in [0.5, 0.6) is 5.75 Å². The van der Waals surface area contributed by atoms with Crippen molar-refractivity contribution in [2.24, 2.45) is 0 Å². The molecule has 0 saturated carbocycles. The molecule has 4 nitrogen and oxygen atoms in total. The lowest BCUT2D eigenvalue weighted by molar-refractivity contribution is -0.134. The maximum Gasteiger partial charge on any atom is 0.226 e. The van der Waals surface area contributed by atoms with Gasteiger partial charge in [-0.2, -0.15) is 0 Å². The van der Waals surface area contributed by atoms with E-state index in [1.54, 1.807) is 23.1 Å². The van der Waals surface area contributed by atoms with Gasteiger partial charge in [0.1, 0.15) is 0 Å². The van der Waals surface area contributed by atoms with Gasteiger partial charge in [0.2, 0.25) is 5.91 Å². The van der Waals surface area contributed by atoms with E-state index in [-0.39, 0.29) is 37.3 Å². The van der Waals surface area contributed by atoms with Gasteiger partial charge in [-0.15, -0.1) is 0 Å². The van der Waals surface area contributed by atoms with E-state index in [1.165, 1.54) is 6.07 Å². The summed E-state index contributed by atoms with van der Waals surface area (Å²) in [4.78, 5) is 14.0. The summed E-state index contributed by atoms with van der Waals surface area (Å²) in [5, 5.41) is 9.40. The van der Waals surface area contributed by atoms with E-state index in [1.807, 2.05) is 0 Å². The SMILES string of the molecule is O=C(CCOc1ccccc1F)N1CCCCCC1CO. The molecule has 0 aliphatic carbocycles. The van der Waals surface area contributed by atoms with Crippen LogP contribution < -0.4 is 4.74 Å². The normalized spacial score (nSPS) is 19.1. The molecule has 1 aromatic carbocycles. The Balaban J connectivity index is 1.84. The van der Waals surface area contributed by atoms with E-state index >= 15 is 0 Å². The Hall–Kier alpha value is -1.62. The van der Waals surface area contributed by atoms with Gasteiger partial charge in [-0.1, -0.05) is 25.0 Å². The molecule has 1 N–H and O–H groups in total. The van der Waals surface area contributed by atoms with Crippen LogP contribution in [0.3, 0.4) is 0 Å². The average Bonchev–Trinajstić information content (AvgIpc) is 2.74. The van der Waals surface area contributed by atoms with Gasteiger partial charge in [-0.05, 0) is 25.0 Å². The summed E-state index contributed by atoms with van der Waals surface area (Å²) in [6.45, 7) is 0.831. The molecule has 1 heterocycles. The largest absolute Gasteiger partial charge is 0.490 e. The van der Waals surface area contributed by atoms with Crippen LogP contribution in [0.1, 0.15) is 32.1 Å². The van der Waals surface area contributed by atoms with Crippen LogP contribution in [-0.4, -0.2) is 41.7 Å². The van der Waals surface area contributed by atoms with Crippen molar-refractivity contribution in [1.82, 2.24) is 4.90 Å². The first-order valence-corrected chi connectivity index (χ1v) is 7.50. The second-order valence-corrected chi connectivity index (χ2v) is 5.30. The van der Waals surface area contributed by atoms with E-state index in [0.717, 1.165) is 25.7 Å². The van der Waals surface area contributed by atoms with Crippen molar-refractivity contribution in [2.75, 3.05) is 19.8 Å². The molecule has 1 aliphatic heterocycles. The molecular weight excluding hydrogens is 273 g/mol. The Bertz CT molecular complexity index is 467. The number of para-hydroxylation sites is 1. The number of carbonyl (C=O) groups is 1. The smallest absolute Gasteiger partial charge is 0.226 e. The lowest BCUT2D eigenvalue weighted by atomic mass is 10.1. The van der Waals surface area contributed by atoms with Crippen molar-refractivity contribution < 1.29 is 19.0 Å². The number of rotatable bonds is 5. The summed E-state index contributed by atoms with van der Waals surface area (Å²) < 4.78 is 18.7. The zero-order valence-corrected chi connectivity index (χ0v) is 12.1. The van der Waals surface area contributed by atoms with Gasteiger partial charge in [0.05, 0.1) is 25.7 Å². The summed E-state index contributed by atoms with van der Waals surface area (Å²) >= 11 is 0. The highest BCUT2D eigenvalue weighted by Gasteiger charge is 2.24. The number of hydrogen-bond acceptors (Lipinski definition) is 3. The van der Waals surface area contributed by atoms with Crippen molar-refractivity contribution in [1.29, 1.82) is 0 Å². The highest BCUT2D eigenvalue weighted by Crippen LogP contribution is 2.18. The van der Waals surface area contributed by atoms with Gasteiger partial charge >= 0.3 is 0 Å². The quantitative estimate of drug-likeness (QED) is 0.907. The Morgan fingerprint density at radius 3 is 2.90 bits per heavy atom. The Morgan fingerprint density at radius 2 is 2.14 bits per heavy atom. The lowest BCUT2D eigenvalue weighted by Crippen LogP contribution is -2.42. The fourth-order valence-corrected chi connectivity index (χ4v) is 2.65. The summed E-state index contributed by atoms with van der Waals surface area (Å²) in [5.41, 5.74) is 0. The zero-order valence-electron chi connectivity index (χ0n) is 12.1. The third-order valence-corrected chi connectivity index (χ3v) is 3.82. The highest BCUT2D eigenvalue weighted by molar-refractivity contribution is 5.76. The molecule has 0 bridgehead atoms. The molecule has 116 valence electrons. The molecule has 21 heavy (non-hydrogen) atoms. The first kappa shape index (κ1) is 15.8. The Morgan fingerprint density at radius 1 is 1.33 bits per heavy atom. The summed E-state index contributed by atoms with van der Waals surface area (Å²) in [7, 11) is 0.